The van der Waals surface area contributed by atoms with Crippen LogP contribution >= 0.6 is 0 Å². The van der Waals surface area contributed by atoms with Crippen LogP contribution in [0.5, 0.6) is 5.75 Å². The van der Waals surface area contributed by atoms with E-state index >= 15 is 0 Å². The van der Waals surface area contributed by atoms with Crippen molar-refractivity contribution in [1.82, 2.24) is 10.2 Å². The van der Waals surface area contributed by atoms with E-state index in [9.17, 15) is 18.4 Å². The topological polar surface area (TPSA) is 58.6 Å². The van der Waals surface area contributed by atoms with Gasteiger partial charge in [-0.3, -0.25) is 9.59 Å². The Morgan fingerprint density at radius 3 is 2.43 bits per heavy atom. The molecule has 0 radical (unpaired) electrons. The molecule has 4 rings (SSSR count). The van der Waals surface area contributed by atoms with Gasteiger partial charge in [-0.25, -0.2) is 8.78 Å². The fraction of sp³-hybridized carbons (Fsp3) is 0.333. The molecule has 0 fully saturated rings. The maximum Gasteiger partial charge on any atom is 0.261 e. The number of hydrogen-bond acceptors (Lipinski definition) is 3. The van der Waals surface area contributed by atoms with E-state index in [4.69, 9.17) is 4.74 Å². The zero-order chi connectivity index (χ0) is 26.7. The highest BCUT2D eigenvalue weighted by Gasteiger charge is 2.37. The van der Waals surface area contributed by atoms with E-state index in [0.717, 1.165) is 16.7 Å². The molecule has 1 aliphatic rings. The van der Waals surface area contributed by atoms with Gasteiger partial charge in [-0.15, -0.1) is 0 Å². The average Bonchev–Trinajstić information content (AvgIpc) is 2.86. The molecule has 2 amide bonds. The molecule has 0 unspecified atom stereocenters. The number of hydrogen-bond donors (Lipinski definition) is 1. The highest BCUT2D eigenvalue weighted by molar-refractivity contribution is 5.83. The second-order valence-electron chi connectivity index (χ2n) is 10.4. The Morgan fingerprint density at radius 2 is 1.76 bits per heavy atom. The first kappa shape index (κ1) is 26.3. The Bertz CT molecular complexity index is 1280. The summed E-state index contributed by atoms with van der Waals surface area (Å²) in [6.07, 6.45) is -0.126. The Kier molecular flexibility index (Phi) is 7.62. The van der Waals surface area contributed by atoms with Crippen LogP contribution in [0.2, 0.25) is 0 Å². The van der Waals surface area contributed by atoms with E-state index in [1.165, 1.54) is 24.3 Å². The van der Waals surface area contributed by atoms with Gasteiger partial charge in [-0.2, -0.15) is 0 Å². The molecule has 3 aromatic carbocycles. The van der Waals surface area contributed by atoms with Crippen molar-refractivity contribution in [3.63, 3.8) is 0 Å². The number of amides is 2. The lowest BCUT2D eigenvalue weighted by molar-refractivity contribution is -0.141. The fourth-order valence-corrected chi connectivity index (χ4v) is 4.55. The molecule has 194 valence electrons. The number of nitrogens with zero attached hydrogens (tertiary/aromatic N) is 1. The Balaban J connectivity index is 1.57. The highest BCUT2D eigenvalue weighted by atomic mass is 19.1. The Labute approximate surface area is 216 Å². The smallest absolute Gasteiger partial charge is 0.261 e. The van der Waals surface area contributed by atoms with Gasteiger partial charge in [-0.1, -0.05) is 51.1 Å². The number of ether oxygens (including phenoxy) is 1. The van der Waals surface area contributed by atoms with E-state index in [0.29, 0.717) is 24.3 Å². The summed E-state index contributed by atoms with van der Waals surface area (Å²) in [5.74, 6) is -0.555. The summed E-state index contributed by atoms with van der Waals surface area (Å²) >= 11 is 0. The van der Waals surface area contributed by atoms with E-state index in [1.54, 1.807) is 30.0 Å². The van der Waals surface area contributed by atoms with Gasteiger partial charge in [0.1, 0.15) is 17.4 Å². The summed E-state index contributed by atoms with van der Waals surface area (Å²) in [4.78, 5) is 27.8. The lowest BCUT2D eigenvalue weighted by atomic mass is 9.85. The first-order valence-electron chi connectivity index (χ1n) is 12.4. The van der Waals surface area contributed by atoms with Crippen molar-refractivity contribution in [2.24, 2.45) is 5.41 Å². The molecule has 0 saturated heterocycles. The number of nitrogens with one attached hydrogen (secondary N) is 1. The molecule has 0 bridgehead atoms. The van der Waals surface area contributed by atoms with Crippen LogP contribution in [0, 0.1) is 17.0 Å². The van der Waals surface area contributed by atoms with E-state index < -0.39 is 17.6 Å². The summed E-state index contributed by atoms with van der Waals surface area (Å²) < 4.78 is 33.3. The highest BCUT2D eigenvalue weighted by Crippen LogP contribution is 2.39. The van der Waals surface area contributed by atoms with Gasteiger partial charge >= 0.3 is 0 Å². The molecular formula is C30H32F2N2O3. The molecule has 0 aliphatic carbocycles. The zero-order valence-corrected chi connectivity index (χ0v) is 21.6. The summed E-state index contributed by atoms with van der Waals surface area (Å²) in [6, 6.07) is 17.4. The third kappa shape index (κ3) is 6.16. The van der Waals surface area contributed by atoms with Gasteiger partial charge in [0.2, 0.25) is 5.91 Å². The van der Waals surface area contributed by atoms with E-state index in [2.05, 4.69) is 5.32 Å². The first-order valence-corrected chi connectivity index (χ1v) is 12.4. The largest absolute Gasteiger partial charge is 0.481 e. The number of carbonyl (C=O) groups is 2. The van der Waals surface area contributed by atoms with Crippen LogP contribution in [0.4, 0.5) is 8.78 Å². The Morgan fingerprint density at radius 1 is 1.03 bits per heavy atom. The van der Waals surface area contributed by atoms with Crippen molar-refractivity contribution in [3.05, 3.63) is 101 Å². The molecule has 0 spiro atoms. The Hall–Kier alpha value is -3.74. The van der Waals surface area contributed by atoms with Crippen molar-refractivity contribution < 1.29 is 23.1 Å². The third-order valence-electron chi connectivity index (χ3n) is 6.47. The molecule has 0 saturated carbocycles. The van der Waals surface area contributed by atoms with E-state index in [-0.39, 0.29) is 30.0 Å². The lowest BCUT2D eigenvalue weighted by Crippen LogP contribution is -2.45. The van der Waals surface area contributed by atoms with Crippen LogP contribution in [0.15, 0.2) is 66.7 Å². The van der Waals surface area contributed by atoms with Crippen molar-refractivity contribution in [2.45, 2.75) is 52.8 Å². The molecule has 1 aliphatic heterocycles. The number of carbonyl (C=O) groups excluding carboxylic acids is 2. The van der Waals surface area contributed by atoms with Crippen molar-refractivity contribution >= 4 is 11.8 Å². The fourth-order valence-electron chi connectivity index (χ4n) is 4.55. The summed E-state index contributed by atoms with van der Waals surface area (Å²) in [7, 11) is 0. The standard InChI is InChI=1S/C30H32F2N2O3/c1-19(28(35)33-18-20-8-11-23(31)12-9-20)37-25-13-10-21-14-15-34(29(36)30(2,3)4)27(26(21)17-25)22-6-5-7-24(32)16-22/h5-13,16-17,19,27H,14-15,18H2,1-4H3,(H,33,35)/t19-,27+/m1/s1. The number of fused-ring (bicyclic) bond motifs is 1. The second kappa shape index (κ2) is 10.7. The second-order valence-corrected chi connectivity index (χ2v) is 10.4. The van der Waals surface area contributed by atoms with Crippen molar-refractivity contribution in [2.75, 3.05) is 6.54 Å². The molecule has 5 nitrogen and oxygen atoms in total. The summed E-state index contributed by atoms with van der Waals surface area (Å²) in [6.45, 7) is 8.05. The van der Waals surface area contributed by atoms with Gasteiger partial charge in [0, 0.05) is 18.5 Å². The SMILES string of the molecule is C[C@@H](Oc1ccc2c(c1)[C@H](c1cccc(F)c1)N(C(=O)C(C)(C)C)CC2)C(=O)NCc1ccc(F)cc1. The van der Waals surface area contributed by atoms with Crippen LogP contribution in [0.25, 0.3) is 0 Å². The van der Waals surface area contributed by atoms with Gasteiger partial charge < -0.3 is 15.0 Å². The predicted molar refractivity (Wildman–Crippen MR) is 138 cm³/mol. The van der Waals surface area contributed by atoms with Gasteiger partial charge in [0.15, 0.2) is 6.10 Å². The van der Waals surface area contributed by atoms with Crippen molar-refractivity contribution in [1.29, 1.82) is 0 Å². The van der Waals surface area contributed by atoms with Gasteiger partial charge in [0.25, 0.3) is 5.91 Å². The van der Waals surface area contributed by atoms with Gasteiger partial charge in [-0.05, 0) is 72.0 Å². The maximum absolute atomic E-state index is 14.2. The van der Waals surface area contributed by atoms with E-state index in [1.807, 2.05) is 45.0 Å². The quantitative estimate of drug-likeness (QED) is 0.476. The third-order valence-corrected chi connectivity index (χ3v) is 6.47. The monoisotopic (exact) mass is 506 g/mol. The van der Waals surface area contributed by atoms with Gasteiger partial charge in [0.05, 0.1) is 6.04 Å². The molecular weight excluding hydrogens is 474 g/mol. The number of rotatable bonds is 6. The zero-order valence-electron chi connectivity index (χ0n) is 21.6. The lowest BCUT2D eigenvalue weighted by Gasteiger charge is -2.41. The average molecular weight is 507 g/mol. The number of benzene rings is 3. The minimum absolute atomic E-state index is 0.0210. The summed E-state index contributed by atoms with van der Waals surface area (Å²) in [5.41, 5.74) is 2.76. The van der Waals surface area contributed by atoms with Crippen molar-refractivity contribution in [3.8, 4) is 5.75 Å². The van der Waals surface area contributed by atoms with Crippen LogP contribution in [0.1, 0.15) is 56.0 Å². The molecule has 7 heteroatoms. The van der Waals surface area contributed by atoms with Crippen LogP contribution in [0.3, 0.4) is 0 Å². The summed E-state index contributed by atoms with van der Waals surface area (Å²) in [5, 5.41) is 2.80. The van der Waals surface area contributed by atoms with Crippen LogP contribution in [-0.2, 0) is 22.6 Å². The normalized spacial score (nSPS) is 16.1. The maximum atomic E-state index is 14.2. The molecule has 1 heterocycles. The molecule has 37 heavy (non-hydrogen) atoms. The van der Waals surface area contributed by atoms with Crippen LogP contribution < -0.4 is 10.1 Å². The molecule has 3 aromatic rings. The molecule has 2 atom stereocenters. The minimum atomic E-state index is -0.790. The van der Waals surface area contributed by atoms with Crippen LogP contribution in [-0.4, -0.2) is 29.4 Å². The molecule has 0 aromatic heterocycles. The minimum Gasteiger partial charge on any atom is -0.481 e. The first-order chi connectivity index (χ1) is 17.5. The predicted octanol–water partition coefficient (Wildman–Crippen LogP) is 5.57. The number of halogens is 2. The molecule has 1 N–H and O–H groups in total.